The Balaban J connectivity index is 1.20. The van der Waals surface area contributed by atoms with Gasteiger partial charge in [0, 0.05) is 49.0 Å². The molecular weight excluding hydrogens is 608 g/mol. The summed E-state index contributed by atoms with van der Waals surface area (Å²) in [5, 5.41) is 5.83. The van der Waals surface area contributed by atoms with Gasteiger partial charge in [-0.3, -0.25) is 0 Å². The normalized spacial score (nSPS) is 12.1. The minimum absolute atomic E-state index is 0.511. The molecule has 0 unspecified atom stereocenters. The van der Waals surface area contributed by atoms with Crippen LogP contribution in [0.4, 0.5) is 0 Å². The van der Waals surface area contributed by atoms with E-state index in [1.807, 2.05) is 115 Å². The van der Waals surface area contributed by atoms with Crippen molar-refractivity contribution < 1.29 is 13.3 Å². The molecular formula is C42H22N4O3. The number of aromatic nitrogens is 4. The van der Waals surface area contributed by atoms with E-state index in [9.17, 15) is 0 Å². The van der Waals surface area contributed by atoms with Crippen molar-refractivity contribution in [3.8, 4) is 45.6 Å². The quantitative estimate of drug-likeness (QED) is 0.179. The SMILES string of the molecule is c1ccc(-c2nc(-c3ccc4c5nc(-c6ccccc6)oc5c5cccc6oc3c4c65)nc(-c3cccc4oc5ccccc5c34)n2)cc1. The third kappa shape index (κ3) is 3.78. The van der Waals surface area contributed by atoms with E-state index in [2.05, 4.69) is 18.2 Å². The fraction of sp³-hybridized carbons (Fsp3) is 0. The maximum atomic E-state index is 6.68. The summed E-state index contributed by atoms with van der Waals surface area (Å²) in [4.78, 5) is 20.3. The van der Waals surface area contributed by atoms with E-state index in [-0.39, 0.29) is 0 Å². The van der Waals surface area contributed by atoms with Crippen molar-refractivity contribution in [3.05, 3.63) is 133 Å². The van der Waals surface area contributed by atoms with Gasteiger partial charge in [-0.25, -0.2) is 19.9 Å². The number of fused-ring (bicyclic) bond motifs is 6. The van der Waals surface area contributed by atoms with Gasteiger partial charge < -0.3 is 13.3 Å². The third-order valence-electron chi connectivity index (χ3n) is 9.35. The standard InChI is InChI=1S/C42H22N4O3/c1-3-11-23(12-4-1)39-44-40(28-17-10-19-31-33(28)25-15-7-8-18-30(25)47-31)46-41(45-39)29-22-21-26-35-34-27(16-9-20-32(34)48-37(29)35)38-36(26)43-42(49-38)24-13-5-2-6-14-24/h1-22H. The van der Waals surface area contributed by atoms with Crippen LogP contribution in [0.5, 0.6) is 0 Å². The molecule has 0 amide bonds. The van der Waals surface area contributed by atoms with E-state index in [0.717, 1.165) is 82.4 Å². The van der Waals surface area contributed by atoms with Gasteiger partial charge in [0.05, 0.1) is 5.56 Å². The predicted octanol–water partition coefficient (Wildman–Crippen LogP) is 11.1. The van der Waals surface area contributed by atoms with E-state index in [1.165, 1.54) is 0 Å². The van der Waals surface area contributed by atoms with Crippen molar-refractivity contribution in [3.63, 3.8) is 0 Å². The zero-order chi connectivity index (χ0) is 32.1. The number of hydrogen-bond acceptors (Lipinski definition) is 7. The van der Waals surface area contributed by atoms with Gasteiger partial charge in [0.25, 0.3) is 0 Å². The van der Waals surface area contributed by atoms with Gasteiger partial charge in [-0.2, -0.15) is 0 Å². The van der Waals surface area contributed by atoms with Crippen LogP contribution in [-0.2, 0) is 0 Å². The molecule has 228 valence electrons. The largest absolute Gasteiger partial charge is 0.456 e. The summed E-state index contributed by atoms with van der Waals surface area (Å²) in [5.74, 6) is 2.21. The highest BCUT2D eigenvalue weighted by atomic mass is 16.4. The number of nitrogens with zero attached hydrogens (tertiary/aromatic N) is 4. The molecule has 11 aromatic rings. The van der Waals surface area contributed by atoms with Crippen molar-refractivity contribution in [2.75, 3.05) is 0 Å². The van der Waals surface area contributed by atoms with Gasteiger partial charge in [0.1, 0.15) is 27.8 Å². The monoisotopic (exact) mass is 630 g/mol. The average molecular weight is 631 g/mol. The summed E-state index contributed by atoms with van der Waals surface area (Å²) < 4.78 is 19.4. The molecule has 0 saturated heterocycles. The van der Waals surface area contributed by atoms with Crippen LogP contribution in [0.1, 0.15) is 0 Å². The highest BCUT2D eigenvalue weighted by Crippen LogP contribution is 2.46. The zero-order valence-electron chi connectivity index (χ0n) is 25.7. The predicted molar refractivity (Wildman–Crippen MR) is 192 cm³/mol. The van der Waals surface area contributed by atoms with Crippen LogP contribution < -0.4 is 0 Å². The van der Waals surface area contributed by atoms with Crippen LogP contribution in [0.15, 0.2) is 147 Å². The summed E-state index contributed by atoms with van der Waals surface area (Å²) >= 11 is 0. The van der Waals surface area contributed by atoms with E-state index in [0.29, 0.717) is 28.9 Å². The summed E-state index contributed by atoms with van der Waals surface area (Å²) in [6, 6.07) is 44.2. The lowest BCUT2D eigenvalue weighted by Gasteiger charge is -2.10. The topological polar surface area (TPSA) is 91.0 Å². The van der Waals surface area contributed by atoms with Crippen molar-refractivity contribution in [1.82, 2.24) is 19.9 Å². The Morgan fingerprint density at radius 3 is 1.84 bits per heavy atom. The molecule has 0 atom stereocenters. The molecule has 0 aliphatic heterocycles. The van der Waals surface area contributed by atoms with Crippen LogP contribution in [0.2, 0.25) is 0 Å². The highest BCUT2D eigenvalue weighted by Gasteiger charge is 2.25. The Bertz CT molecular complexity index is 3050. The summed E-state index contributed by atoms with van der Waals surface area (Å²) in [6.07, 6.45) is 0. The molecule has 4 aromatic heterocycles. The van der Waals surface area contributed by atoms with Crippen LogP contribution in [0, 0.1) is 0 Å². The van der Waals surface area contributed by atoms with E-state index < -0.39 is 0 Å². The van der Waals surface area contributed by atoms with Gasteiger partial charge in [-0.05, 0) is 36.4 Å². The molecule has 49 heavy (non-hydrogen) atoms. The van der Waals surface area contributed by atoms with E-state index in [4.69, 9.17) is 33.2 Å². The van der Waals surface area contributed by atoms with Crippen LogP contribution >= 0.6 is 0 Å². The second kappa shape index (κ2) is 9.82. The molecule has 0 aliphatic carbocycles. The molecule has 7 heteroatoms. The summed E-state index contributed by atoms with van der Waals surface area (Å²) in [7, 11) is 0. The Morgan fingerprint density at radius 2 is 1.00 bits per heavy atom. The number of furan rings is 2. The molecule has 4 heterocycles. The van der Waals surface area contributed by atoms with Gasteiger partial charge >= 0.3 is 0 Å². The molecule has 7 nitrogen and oxygen atoms in total. The van der Waals surface area contributed by atoms with Crippen molar-refractivity contribution >= 4 is 65.7 Å². The average Bonchev–Trinajstić information content (AvgIpc) is 3.89. The van der Waals surface area contributed by atoms with E-state index >= 15 is 0 Å². The van der Waals surface area contributed by atoms with Crippen molar-refractivity contribution in [2.24, 2.45) is 0 Å². The maximum absolute atomic E-state index is 6.68. The summed E-state index contributed by atoms with van der Waals surface area (Å²) in [5.41, 5.74) is 8.01. The van der Waals surface area contributed by atoms with Crippen molar-refractivity contribution in [2.45, 2.75) is 0 Å². The molecule has 0 saturated carbocycles. The molecule has 0 N–H and O–H groups in total. The Morgan fingerprint density at radius 1 is 0.347 bits per heavy atom. The highest BCUT2D eigenvalue weighted by molar-refractivity contribution is 6.32. The minimum Gasteiger partial charge on any atom is -0.456 e. The third-order valence-corrected chi connectivity index (χ3v) is 9.35. The molecule has 7 aromatic carbocycles. The lowest BCUT2D eigenvalue weighted by atomic mass is 9.98. The molecule has 0 radical (unpaired) electrons. The lowest BCUT2D eigenvalue weighted by molar-refractivity contribution is 0.623. The zero-order valence-corrected chi connectivity index (χ0v) is 25.7. The fourth-order valence-corrected chi connectivity index (χ4v) is 7.17. The molecule has 0 fully saturated rings. The smallest absolute Gasteiger partial charge is 0.227 e. The lowest BCUT2D eigenvalue weighted by Crippen LogP contribution is -2.00. The first-order valence-electron chi connectivity index (χ1n) is 16.1. The summed E-state index contributed by atoms with van der Waals surface area (Å²) in [6.45, 7) is 0. The minimum atomic E-state index is 0.511. The number of hydrogen-bond donors (Lipinski definition) is 0. The molecule has 0 bridgehead atoms. The first-order valence-corrected chi connectivity index (χ1v) is 16.1. The second-order valence-electron chi connectivity index (χ2n) is 12.2. The molecule has 11 rings (SSSR count). The van der Waals surface area contributed by atoms with Crippen LogP contribution in [0.3, 0.4) is 0 Å². The first kappa shape index (κ1) is 26.2. The van der Waals surface area contributed by atoms with Crippen molar-refractivity contribution in [1.29, 1.82) is 0 Å². The molecule has 0 aliphatic rings. The van der Waals surface area contributed by atoms with Crippen LogP contribution in [-0.4, -0.2) is 19.9 Å². The maximum Gasteiger partial charge on any atom is 0.227 e. The second-order valence-corrected chi connectivity index (χ2v) is 12.2. The van der Waals surface area contributed by atoms with Gasteiger partial charge in [0.15, 0.2) is 23.1 Å². The Hall–Kier alpha value is -6.86. The first-order chi connectivity index (χ1) is 24.3. The number of para-hydroxylation sites is 1. The van der Waals surface area contributed by atoms with E-state index in [1.54, 1.807) is 0 Å². The number of rotatable bonds is 4. The molecule has 0 spiro atoms. The Labute approximate surface area is 277 Å². The van der Waals surface area contributed by atoms with Gasteiger partial charge in [0.2, 0.25) is 5.89 Å². The number of oxazole rings is 1. The number of benzene rings is 7. The van der Waals surface area contributed by atoms with Crippen LogP contribution in [0.25, 0.3) is 111 Å². The van der Waals surface area contributed by atoms with Gasteiger partial charge in [-0.15, -0.1) is 0 Å². The van der Waals surface area contributed by atoms with Gasteiger partial charge in [-0.1, -0.05) is 97.1 Å². The Kier molecular flexibility index (Phi) is 5.26. The fourth-order valence-electron chi connectivity index (χ4n) is 7.17.